The zero-order valence-electron chi connectivity index (χ0n) is 43.9. The van der Waals surface area contributed by atoms with Crippen LogP contribution < -0.4 is 0 Å². The first-order chi connectivity index (χ1) is 28.6. The summed E-state index contributed by atoms with van der Waals surface area (Å²) >= 11 is 0. The molecule has 0 saturated carbocycles. The van der Waals surface area contributed by atoms with E-state index in [4.69, 9.17) is 0 Å². The maximum Gasteiger partial charge on any atom is -0.0164 e. The Morgan fingerprint density at radius 1 is 0.339 bits per heavy atom. The van der Waals surface area contributed by atoms with E-state index in [0.717, 1.165) is 17.8 Å². The Bertz CT molecular complexity index is 839. The van der Waals surface area contributed by atoms with Gasteiger partial charge in [0.25, 0.3) is 0 Å². The van der Waals surface area contributed by atoms with Gasteiger partial charge in [0.15, 0.2) is 0 Å². The van der Waals surface area contributed by atoms with E-state index in [2.05, 4.69) is 76.2 Å². The predicted octanol–water partition coefficient (Wildman–Crippen LogP) is 22.4. The van der Waals surface area contributed by atoms with Gasteiger partial charge in [0, 0.05) is 0 Å². The summed E-state index contributed by atoms with van der Waals surface area (Å²) in [4.78, 5) is 0. The molecule has 0 saturated heterocycles. The Morgan fingerprint density at radius 2 is 0.695 bits per heavy atom. The van der Waals surface area contributed by atoms with Crippen molar-refractivity contribution in [2.45, 2.75) is 346 Å². The molecule has 0 fully saturated rings. The van der Waals surface area contributed by atoms with Gasteiger partial charge in [0.1, 0.15) is 0 Å². The number of hydrogen-bond acceptors (Lipinski definition) is 0. The van der Waals surface area contributed by atoms with Crippen molar-refractivity contribution in [3.05, 3.63) is 0 Å². The molecule has 0 aromatic rings. The maximum absolute atomic E-state index is 2.97. The minimum Gasteiger partial charge on any atom is -0.0654 e. The highest BCUT2D eigenvalue weighted by Gasteiger charge is 2.59. The summed E-state index contributed by atoms with van der Waals surface area (Å²) in [5.74, 6) is 2.58. The summed E-state index contributed by atoms with van der Waals surface area (Å²) < 4.78 is 0. The van der Waals surface area contributed by atoms with Crippen LogP contribution in [0.2, 0.25) is 0 Å². The van der Waals surface area contributed by atoms with Gasteiger partial charge in [-0.25, -0.2) is 0 Å². The zero-order valence-corrected chi connectivity index (χ0v) is 43.9. The Hall–Kier alpha value is 0. The van der Waals surface area contributed by atoms with E-state index in [-0.39, 0.29) is 0 Å². The van der Waals surface area contributed by atoms with Gasteiger partial charge < -0.3 is 0 Å². The van der Waals surface area contributed by atoms with Crippen molar-refractivity contribution in [3.8, 4) is 0 Å². The Kier molecular flexibility index (Phi) is 39.6. The fraction of sp³-hybridized carbons (Fsp3) is 1.00. The minimum absolute atomic E-state index is 0.341. The second-order valence-corrected chi connectivity index (χ2v) is 22.1. The molecule has 0 aliphatic rings. The molecule has 0 radical (unpaired) electrons. The molecule has 0 aliphatic heterocycles. The molecule has 59 heavy (non-hydrogen) atoms. The molecule has 0 spiro atoms. The second-order valence-electron chi connectivity index (χ2n) is 22.1. The molecular weight excluding hydrogens is 709 g/mol. The van der Waals surface area contributed by atoms with E-state index in [1.165, 1.54) is 270 Å². The van der Waals surface area contributed by atoms with E-state index in [0.29, 0.717) is 16.2 Å². The normalized spacial score (nSPS) is 15.9. The molecule has 0 aromatic carbocycles. The lowest BCUT2D eigenvalue weighted by Gasteiger charge is -2.63. The number of hydrogen-bond donors (Lipinski definition) is 0. The number of rotatable bonds is 47. The molecule has 0 amide bonds. The van der Waals surface area contributed by atoms with Gasteiger partial charge in [-0.3, -0.25) is 0 Å². The molecule has 0 aliphatic carbocycles. The lowest BCUT2D eigenvalue weighted by atomic mass is 9.41. The summed E-state index contributed by atoms with van der Waals surface area (Å²) in [6.07, 6.45) is 60.7. The first-order valence-corrected chi connectivity index (χ1v) is 28.6. The SMILES string of the molecule is CCCCCCCCCCCC(C)(CCCCCCCCCC)C(CCCCCCCCC)(C(CCCCCCCC)CC(CC)CCCC)C(C)(C)CC(C)CCC. The molecule has 0 aromatic heterocycles. The van der Waals surface area contributed by atoms with Crippen LogP contribution in [-0.2, 0) is 0 Å². The molecule has 5 unspecified atom stereocenters. The van der Waals surface area contributed by atoms with Crippen LogP contribution in [0.1, 0.15) is 346 Å². The minimum atomic E-state index is 0.341. The van der Waals surface area contributed by atoms with Gasteiger partial charge in [-0.1, -0.05) is 307 Å². The van der Waals surface area contributed by atoms with E-state index >= 15 is 0 Å². The monoisotopic (exact) mass is 829 g/mol. The van der Waals surface area contributed by atoms with E-state index in [1.54, 1.807) is 0 Å². The van der Waals surface area contributed by atoms with E-state index in [1.807, 2.05) is 0 Å². The summed E-state index contributed by atoms with van der Waals surface area (Å²) in [6, 6.07) is 0. The third kappa shape index (κ3) is 26.4. The molecule has 0 rings (SSSR count). The Morgan fingerprint density at radius 3 is 1.07 bits per heavy atom. The topological polar surface area (TPSA) is 0 Å². The van der Waals surface area contributed by atoms with Crippen molar-refractivity contribution < 1.29 is 0 Å². The van der Waals surface area contributed by atoms with Crippen LogP contribution in [0.3, 0.4) is 0 Å². The van der Waals surface area contributed by atoms with Crippen LogP contribution in [0.4, 0.5) is 0 Å². The third-order valence-corrected chi connectivity index (χ3v) is 16.3. The third-order valence-electron chi connectivity index (χ3n) is 16.3. The molecule has 0 N–H and O–H groups in total. The van der Waals surface area contributed by atoms with Crippen molar-refractivity contribution >= 4 is 0 Å². The molecule has 0 heteroatoms. The van der Waals surface area contributed by atoms with Gasteiger partial charge in [-0.05, 0) is 72.5 Å². The van der Waals surface area contributed by atoms with Crippen LogP contribution in [0.5, 0.6) is 0 Å². The molecule has 5 atom stereocenters. The average molecular weight is 830 g/mol. The summed E-state index contributed by atoms with van der Waals surface area (Å²) in [7, 11) is 0. The molecule has 356 valence electrons. The van der Waals surface area contributed by atoms with Gasteiger partial charge >= 0.3 is 0 Å². The van der Waals surface area contributed by atoms with Gasteiger partial charge in [0.2, 0.25) is 0 Å². The predicted molar refractivity (Wildman–Crippen MR) is 274 cm³/mol. The Balaban J connectivity index is 7.29. The van der Waals surface area contributed by atoms with E-state index < -0.39 is 0 Å². The largest absolute Gasteiger partial charge is 0.0654 e. The van der Waals surface area contributed by atoms with Crippen molar-refractivity contribution in [2.75, 3.05) is 0 Å². The van der Waals surface area contributed by atoms with Crippen LogP contribution in [-0.4, -0.2) is 0 Å². The van der Waals surface area contributed by atoms with Crippen molar-refractivity contribution in [2.24, 2.45) is 34.0 Å². The summed E-state index contributed by atoms with van der Waals surface area (Å²) in [5.41, 5.74) is 1.15. The quantitative estimate of drug-likeness (QED) is 0.0536. The summed E-state index contributed by atoms with van der Waals surface area (Å²) in [6.45, 7) is 28.3. The number of unbranched alkanes of at least 4 members (excludes halogenated alkanes) is 27. The van der Waals surface area contributed by atoms with Crippen molar-refractivity contribution in [1.29, 1.82) is 0 Å². The fourth-order valence-corrected chi connectivity index (χ4v) is 12.9. The van der Waals surface area contributed by atoms with Crippen LogP contribution >= 0.6 is 0 Å². The van der Waals surface area contributed by atoms with Crippen LogP contribution in [0.25, 0.3) is 0 Å². The lowest BCUT2D eigenvalue weighted by Crippen LogP contribution is -2.56. The molecule has 0 nitrogen and oxygen atoms in total. The average Bonchev–Trinajstić information content (AvgIpc) is 3.21. The van der Waals surface area contributed by atoms with E-state index in [9.17, 15) is 0 Å². The van der Waals surface area contributed by atoms with Crippen LogP contribution in [0, 0.1) is 34.0 Å². The smallest absolute Gasteiger partial charge is 0.0164 e. The highest BCUT2D eigenvalue weighted by molar-refractivity contribution is 5.08. The maximum atomic E-state index is 2.97. The van der Waals surface area contributed by atoms with Crippen molar-refractivity contribution in [3.63, 3.8) is 0 Å². The van der Waals surface area contributed by atoms with Crippen LogP contribution in [0.15, 0.2) is 0 Å². The molecular formula is C59H120. The first-order valence-electron chi connectivity index (χ1n) is 28.6. The van der Waals surface area contributed by atoms with Gasteiger partial charge in [-0.15, -0.1) is 0 Å². The van der Waals surface area contributed by atoms with Crippen molar-refractivity contribution in [1.82, 2.24) is 0 Å². The highest BCUT2D eigenvalue weighted by Crippen LogP contribution is 2.67. The second kappa shape index (κ2) is 39.6. The molecule has 0 heterocycles. The van der Waals surface area contributed by atoms with Gasteiger partial charge in [-0.2, -0.15) is 0 Å². The highest BCUT2D eigenvalue weighted by atomic mass is 14.6. The standard InChI is InChI=1S/C59H120/c1-12-19-24-28-32-34-37-40-44-50-58(11,49-43-39-36-33-29-25-20-13-2)59(51-45-41-35-30-26-21-14-3,57(9,10)53-54(8)46-17-6)56(48-42-38-31-27-22-15-4)52-55(18-7)47-23-16-5/h54-56H,12-53H2,1-11H3. The first kappa shape index (κ1) is 59.0. The van der Waals surface area contributed by atoms with Gasteiger partial charge in [0.05, 0.1) is 0 Å². The Labute approximate surface area is 378 Å². The summed E-state index contributed by atoms with van der Waals surface area (Å²) in [5, 5.41) is 0. The zero-order chi connectivity index (χ0) is 43.9. The molecule has 0 bridgehead atoms. The fourth-order valence-electron chi connectivity index (χ4n) is 12.9. The lowest BCUT2D eigenvalue weighted by molar-refractivity contribution is -0.147.